The zero-order chi connectivity index (χ0) is 26.9. The monoisotopic (exact) mass is 536 g/mol. The number of morpholine rings is 1. The van der Waals surface area contributed by atoms with E-state index in [2.05, 4.69) is 10.2 Å². The van der Waals surface area contributed by atoms with E-state index in [4.69, 9.17) is 9.47 Å². The van der Waals surface area contributed by atoms with Crippen LogP contribution in [0.15, 0.2) is 76.5 Å². The number of urea groups is 1. The van der Waals surface area contributed by atoms with Gasteiger partial charge in [0.2, 0.25) is 0 Å². The van der Waals surface area contributed by atoms with Crippen molar-refractivity contribution in [3.8, 4) is 5.75 Å². The summed E-state index contributed by atoms with van der Waals surface area (Å²) >= 11 is 1.53. The van der Waals surface area contributed by atoms with Gasteiger partial charge in [0, 0.05) is 66.4 Å². The van der Waals surface area contributed by atoms with Crippen molar-refractivity contribution in [1.29, 1.82) is 0 Å². The van der Waals surface area contributed by atoms with Crippen molar-refractivity contribution < 1.29 is 19.2 Å². The summed E-state index contributed by atoms with van der Waals surface area (Å²) in [5.74, 6) is 0.637. The number of methoxy groups -OCH3 is 1. The van der Waals surface area contributed by atoms with E-state index in [1.165, 1.54) is 17.8 Å². The van der Waals surface area contributed by atoms with Crippen LogP contribution in [0.3, 0.4) is 0 Å². The minimum atomic E-state index is -0.405. The third-order valence-electron chi connectivity index (χ3n) is 6.26. The van der Waals surface area contributed by atoms with E-state index < -0.39 is 4.92 Å². The summed E-state index contributed by atoms with van der Waals surface area (Å²) < 4.78 is 10.7. The number of non-ortho nitro benzene ring substituents is 1. The number of carbonyl (C=O) groups excluding carboxylic acids is 1. The van der Waals surface area contributed by atoms with E-state index in [-0.39, 0.29) is 18.3 Å². The Morgan fingerprint density at radius 3 is 2.61 bits per heavy atom. The second-order valence-corrected chi connectivity index (χ2v) is 10.1. The highest BCUT2D eigenvalue weighted by atomic mass is 32.2. The molecule has 4 rings (SSSR count). The Kier molecular flexibility index (Phi) is 9.58. The number of benzene rings is 3. The molecule has 200 valence electrons. The predicted octanol–water partition coefficient (Wildman–Crippen LogP) is 5.43. The molecule has 1 N–H and O–H groups in total. The molecule has 0 aromatic heterocycles. The first-order valence-corrected chi connectivity index (χ1v) is 13.2. The molecule has 9 nitrogen and oxygen atoms in total. The Hall–Kier alpha value is -3.60. The molecule has 3 aromatic carbocycles. The van der Waals surface area contributed by atoms with Gasteiger partial charge in [0.15, 0.2) is 0 Å². The molecular weight excluding hydrogens is 504 g/mol. The van der Waals surface area contributed by atoms with E-state index in [1.54, 1.807) is 36.3 Å². The van der Waals surface area contributed by atoms with Gasteiger partial charge in [0.1, 0.15) is 5.75 Å². The summed E-state index contributed by atoms with van der Waals surface area (Å²) in [7, 11) is 1.57. The first kappa shape index (κ1) is 27.4. The number of anilines is 1. The van der Waals surface area contributed by atoms with Gasteiger partial charge < -0.3 is 19.7 Å². The fraction of sp³-hybridized carbons (Fsp3) is 0.321. The summed E-state index contributed by atoms with van der Waals surface area (Å²) in [5, 5.41) is 14.5. The van der Waals surface area contributed by atoms with Crippen LogP contribution in [0.4, 0.5) is 16.2 Å². The van der Waals surface area contributed by atoms with Crippen LogP contribution >= 0.6 is 11.8 Å². The lowest BCUT2D eigenvalue weighted by atomic mass is 10.2. The van der Waals surface area contributed by atoms with Crippen LogP contribution in [0, 0.1) is 17.0 Å². The molecule has 0 unspecified atom stereocenters. The average Bonchev–Trinajstić information content (AvgIpc) is 2.93. The molecule has 1 aliphatic heterocycles. The summed E-state index contributed by atoms with van der Waals surface area (Å²) in [5.41, 5.74) is 2.47. The topological polar surface area (TPSA) is 97.2 Å². The molecule has 0 radical (unpaired) electrons. The molecule has 1 saturated heterocycles. The lowest BCUT2D eigenvalue weighted by Gasteiger charge is -2.30. The molecule has 3 aromatic rings. The molecular formula is C28H32N4O5S. The van der Waals surface area contributed by atoms with Crippen LogP contribution < -0.4 is 10.1 Å². The zero-order valence-electron chi connectivity index (χ0n) is 21.6. The van der Waals surface area contributed by atoms with Crippen molar-refractivity contribution in [1.82, 2.24) is 9.80 Å². The minimum Gasteiger partial charge on any atom is -0.497 e. The van der Waals surface area contributed by atoms with Crippen molar-refractivity contribution in [2.75, 3.05) is 51.8 Å². The Morgan fingerprint density at radius 1 is 1.13 bits per heavy atom. The normalized spacial score (nSPS) is 13.6. The number of hydrogen-bond donors (Lipinski definition) is 1. The van der Waals surface area contributed by atoms with E-state index in [0.717, 1.165) is 28.4 Å². The fourth-order valence-corrected chi connectivity index (χ4v) is 5.00. The number of hydrogen-bond acceptors (Lipinski definition) is 7. The molecule has 1 fully saturated rings. The van der Waals surface area contributed by atoms with E-state index in [0.29, 0.717) is 43.3 Å². The number of rotatable bonds is 10. The van der Waals surface area contributed by atoms with Gasteiger partial charge in [-0.3, -0.25) is 15.0 Å². The maximum atomic E-state index is 13.5. The van der Waals surface area contributed by atoms with E-state index >= 15 is 0 Å². The molecule has 1 heterocycles. The van der Waals surface area contributed by atoms with Crippen LogP contribution in [0.25, 0.3) is 0 Å². The highest BCUT2D eigenvalue weighted by Crippen LogP contribution is 2.33. The molecule has 2 amide bonds. The van der Waals surface area contributed by atoms with Gasteiger partial charge in [0.05, 0.1) is 25.2 Å². The third kappa shape index (κ3) is 7.70. The lowest BCUT2D eigenvalue weighted by Crippen LogP contribution is -2.44. The molecule has 0 spiro atoms. The minimum absolute atomic E-state index is 0.00501. The smallest absolute Gasteiger partial charge is 0.322 e. The number of aryl methyl sites for hydroxylation is 1. The molecule has 0 aliphatic carbocycles. The Labute approximate surface area is 226 Å². The third-order valence-corrected chi connectivity index (χ3v) is 7.39. The van der Waals surface area contributed by atoms with Crippen LogP contribution in [-0.2, 0) is 11.3 Å². The van der Waals surface area contributed by atoms with Gasteiger partial charge >= 0.3 is 6.03 Å². The van der Waals surface area contributed by atoms with Crippen molar-refractivity contribution in [3.05, 3.63) is 88.0 Å². The SMILES string of the molecule is COc1cccc(NC(=O)N(CCN2CCOCC2)Cc2cc([N+](=O)[O-])ccc2Sc2ccc(C)cc2)c1. The van der Waals surface area contributed by atoms with Crippen LogP contribution in [0.1, 0.15) is 11.1 Å². The van der Waals surface area contributed by atoms with Gasteiger partial charge in [-0.25, -0.2) is 4.79 Å². The number of nitro benzene ring substituents is 1. The number of nitrogens with zero attached hydrogens (tertiary/aromatic N) is 3. The largest absolute Gasteiger partial charge is 0.497 e. The van der Waals surface area contributed by atoms with E-state index in [1.807, 2.05) is 43.3 Å². The Morgan fingerprint density at radius 2 is 1.89 bits per heavy atom. The molecule has 0 saturated carbocycles. The van der Waals surface area contributed by atoms with Crippen LogP contribution in [-0.4, -0.2) is 67.3 Å². The molecule has 1 aliphatic rings. The highest BCUT2D eigenvalue weighted by molar-refractivity contribution is 7.99. The number of amides is 2. The summed E-state index contributed by atoms with van der Waals surface area (Å²) in [6.07, 6.45) is 0. The van der Waals surface area contributed by atoms with Crippen LogP contribution in [0.5, 0.6) is 5.75 Å². The number of ether oxygens (including phenoxy) is 2. The van der Waals surface area contributed by atoms with Crippen molar-refractivity contribution in [2.24, 2.45) is 0 Å². The standard InChI is InChI=1S/C28H32N4O5S/c1-21-6-9-26(10-7-21)38-27-11-8-24(32(34)35)18-22(27)20-31(13-12-30-14-16-37-17-15-30)28(33)29-23-4-3-5-25(19-23)36-2/h3-11,18-19H,12-17,20H2,1-2H3,(H,29,33). The second kappa shape index (κ2) is 13.3. The summed E-state index contributed by atoms with van der Waals surface area (Å²) in [6, 6.07) is 19.8. The first-order chi connectivity index (χ1) is 18.4. The van der Waals surface area contributed by atoms with E-state index in [9.17, 15) is 14.9 Å². The first-order valence-electron chi connectivity index (χ1n) is 12.4. The zero-order valence-corrected chi connectivity index (χ0v) is 22.4. The van der Waals surface area contributed by atoms with Crippen LogP contribution in [0.2, 0.25) is 0 Å². The maximum absolute atomic E-state index is 13.5. The molecule has 10 heteroatoms. The number of carbonyl (C=O) groups is 1. The maximum Gasteiger partial charge on any atom is 0.322 e. The van der Waals surface area contributed by atoms with Gasteiger partial charge in [-0.1, -0.05) is 35.5 Å². The van der Waals surface area contributed by atoms with Crippen molar-refractivity contribution in [3.63, 3.8) is 0 Å². The van der Waals surface area contributed by atoms with Gasteiger partial charge in [-0.05, 0) is 42.8 Å². The number of nitrogens with one attached hydrogen (secondary N) is 1. The molecule has 0 bridgehead atoms. The fourth-order valence-electron chi connectivity index (χ4n) is 4.08. The molecule has 0 atom stereocenters. The van der Waals surface area contributed by atoms with Crippen molar-refractivity contribution in [2.45, 2.75) is 23.3 Å². The second-order valence-electron chi connectivity index (χ2n) is 9.00. The van der Waals surface area contributed by atoms with Gasteiger partial charge in [0.25, 0.3) is 5.69 Å². The van der Waals surface area contributed by atoms with Gasteiger partial charge in [-0.2, -0.15) is 0 Å². The van der Waals surface area contributed by atoms with Gasteiger partial charge in [-0.15, -0.1) is 0 Å². The number of nitro groups is 1. The summed E-state index contributed by atoms with van der Waals surface area (Å²) in [4.78, 5) is 30.5. The average molecular weight is 537 g/mol. The predicted molar refractivity (Wildman–Crippen MR) is 148 cm³/mol. The van der Waals surface area contributed by atoms with Crippen molar-refractivity contribution >= 4 is 29.2 Å². The highest BCUT2D eigenvalue weighted by Gasteiger charge is 2.21. The Balaban J connectivity index is 1.60. The lowest BCUT2D eigenvalue weighted by molar-refractivity contribution is -0.385. The Bertz CT molecular complexity index is 1250. The quantitative estimate of drug-likeness (QED) is 0.273. The molecule has 38 heavy (non-hydrogen) atoms. The summed E-state index contributed by atoms with van der Waals surface area (Å²) in [6.45, 7) is 6.30.